The average molecular weight is 190 g/mol. The number of fused-ring (bicyclic) bond motifs is 1. The maximum Gasteiger partial charge on any atom is 0.431 e. The summed E-state index contributed by atoms with van der Waals surface area (Å²) in [7, 11) is -0.696. The third-order valence-electron chi connectivity index (χ3n) is 2.11. The number of nitrogen functional groups attached to an aromatic ring is 2. The predicted octanol–water partition coefficient (Wildman–Crippen LogP) is 0.159. The smallest absolute Gasteiger partial charge is 0.431 e. The van der Waals surface area contributed by atoms with Crippen LogP contribution in [0.1, 0.15) is 0 Å². The minimum absolute atomic E-state index is 0.383. The van der Waals surface area contributed by atoms with Crippen molar-refractivity contribution in [1.29, 1.82) is 0 Å². The summed E-state index contributed by atoms with van der Waals surface area (Å²) in [5, 5.41) is 14.2. The lowest BCUT2D eigenvalue weighted by Gasteiger charge is -2.01. The van der Waals surface area contributed by atoms with E-state index < -0.39 is 7.05 Å². The molecule has 0 atom stereocenters. The molecule has 14 heavy (non-hydrogen) atoms. The molecule has 5 N–H and O–H groups in total. The highest BCUT2D eigenvalue weighted by Gasteiger charge is 2.14. The molecule has 0 saturated heterocycles. The first-order valence-corrected chi connectivity index (χ1v) is 4.31. The van der Waals surface area contributed by atoms with Gasteiger partial charge in [0.2, 0.25) is 0 Å². The Kier molecular flexibility index (Phi) is 1.85. The van der Waals surface area contributed by atoms with Gasteiger partial charge in [-0.15, -0.1) is 0 Å². The minimum Gasteiger partial charge on any atom is -0.431 e. The van der Waals surface area contributed by atoms with Crippen LogP contribution in [-0.4, -0.2) is 21.8 Å². The van der Waals surface area contributed by atoms with Crippen molar-refractivity contribution >= 4 is 29.5 Å². The Morgan fingerprint density at radius 3 is 2.79 bits per heavy atom. The number of anilines is 2. The molecule has 0 bridgehead atoms. The topological polar surface area (TPSA) is 90.1 Å². The Bertz CT molecular complexity index is 479. The summed E-state index contributed by atoms with van der Waals surface area (Å²) in [6, 6.07) is 5.29. The average Bonchev–Trinajstić information content (AvgIpc) is 2.44. The number of hydrogen-bond donors (Lipinski definition) is 3. The molecule has 0 aliphatic rings. The van der Waals surface area contributed by atoms with Gasteiger partial charge in [-0.3, -0.25) is 4.59 Å². The first-order valence-electron chi connectivity index (χ1n) is 4.31. The van der Waals surface area contributed by atoms with Crippen LogP contribution in [0.2, 0.25) is 6.82 Å². The van der Waals surface area contributed by atoms with Gasteiger partial charge in [0.15, 0.2) is 5.82 Å². The number of rotatable bonds is 1. The zero-order valence-corrected chi connectivity index (χ0v) is 7.81. The Morgan fingerprint density at radius 1 is 1.43 bits per heavy atom. The van der Waals surface area contributed by atoms with Crippen molar-refractivity contribution in [1.82, 2.24) is 9.69 Å². The van der Waals surface area contributed by atoms with Gasteiger partial charge in [0.05, 0.1) is 5.52 Å². The second-order valence-corrected chi connectivity index (χ2v) is 3.24. The van der Waals surface area contributed by atoms with Crippen LogP contribution < -0.4 is 11.5 Å². The van der Waals surface area contributed by atoms with Gasteiger partial charge >= 0.3 is 7.05 Å². The Labute approximate surface area is 81.4 Å². The van der Waals surface area contributed by atoms with Crippen molar-refractivity contribution in [3.63, 3.8) is 0 Å². The second-order valence-electron chi connectivity index (χ2n) is 3.24. The molecule has 0 unspecified atom stereocenters. The fourth-order valence-electron chi connectivity index (χ4n) is 1.47. The second kappa shape index (κ2) is 2.92. The number of nitrogens with zero attached hydrogens (tertiary/aromatic N) is 2. The van der Waals surface area contributed by atoms with Gasteiger partial charge in [0.25, 0.3) is 0 Å². The fourth-order valence-corrected chi connectivity index (χ4v) is 1.47. The monoisotopic (exact) mass is 190 g/mol. The predicted molar refractivity (Wildman–Crippen MR) is 57.8 cm³/mol. The summed E-state index contributed by atoms with van der Waals surface area (Å²) in [5.74, 6) is 0.383. The van der Waals surface area contributed by atoms with Crippen LogP contribution in [0.4, 0.5) is 11.5 Å². The molecule has 72 valence electrons. The molecule has 6 heteroatoms. The molecule has 0 fully saturated rings. The van der Waals surface area contributed by atoms with E-state index in [1.807, 2.05) is 0 Å². The quantitative estimate of drug-likeness (QED) is 0.441. The fraction of sp³-hybridized carbons (Fsp3) is 0.125. The van der Waals surface area contributed by atoms with E-state index >= 15 is 0 Å². The van der Waals surface area contributed by atoms with E-state index in [9.17, 15) is 5.02 Å². The molecule has 2 aromatic rings. The number of nitrogens with two attached hydrogens (primary N) is 2. The van der Waals surface area contributed by atoms with Crippen molar-refractivity contribution in [2.45, 2.75) is 6.82 Å². The third-order valence-corrected chi connectivity index (χ3v) is 2.11. The van der Waals surface area contributed by atoms with E-state index in [0.29, 0.717) is 11.5 Å². The van der Waals surface area contributed by atoms with Gasteiger partial charge in [-0.25, -0.2) is 0 Å². The van der Waals surface area contributed by atoms with Crippen molar-refractivity contribution in [3.8, 4) is 0 Å². The summed E-state index contributed by atoms with van der Waals surface area (Å²) in [6.07, 6.45) is 0. The van der Waals surface area contributed by atoms with Gasteiger partial charge in [-0.2, -0.15) is 5.10 Å². The summed E-state index contributed by atoms with van der Waals surface area (Å²) >= 11 is 0. The maximum atomic E-state index is 9.42. The largest absolute Gasteiger partial charge is 0.431 e. The summed E-state index contributed by atoms with van der Waals surface area (Å²) in [4.78, 5) is 0. The van der Waals surface area contributed by atoms with Crippen LogP contribution in [0.25, 0.3) is 10.9 Å². The van der Waals surface area contributed by atoms with E-state index in [4.69, 9.17) is 11.5 Å². The van der Waals surface area contributed by atoms with Gasteiger partial charge in [-0.05, 0) is 25.0 Å². The van der Waals surface area contributed by atoms with Gasteiger partial charge in [-0.1, -0.05) is 0 Å². The van der Waals surface area contributed by atoms with E-state index in [1.54, 1.807) is 25.0 Å². The van der Waals surface area contributed by atoms with Crippen LogP contribution in [0.3, 0.4) is 0 Å². The van der Waals surface area contributed by atoms with Crippen LogP contribution >= 0.6 is 0 Å². The van der Waals surface area contributed by atoms with Crippen molar-refractivity contribution in [2.75, 3.05) is 11.5 Å². The first-order chi connectivity index (χ1) is 6.59. The molecular formula is C8H11BN4O. The number of aromatic nitrogens is 2. The molecule has 1 aromatic heterocycles. The molecule has 0 radical (unpaired) electrons. The lowest BCUT2D eigenvalue weighted by molar-refractivity contribution is 0.556. The zero-order chi connectivity index (χ0) is 10.3. The van der Waals surface area contributed by atoms with E-state index in [2.05, 4.69) is 5.10 Å². The molecule has 0 saturated carbocycles. The normalized spacial score (nSPS) is 10.7. The maximum absolute atomic E-state index is 9.42. The SMILES string of the molecule is CB(O)n1nc(N)c2cc(N)ccc21. The summed E-state index contributed by atoms with van der Waals surface area (Å²) in [5.41, 5.74) is 12.7. The Hall–Kier alpha value is -1.69. The molecule has 1 aromatic carbocycles. The third kappa shape index (κ3) is 1.20. The Balaban J connectivity index is 2.77. The molecule has 0 amide bonds. The van der Waals surface area contributed by atoms with Crippen LogP contribution in [0.5, 0.6) is 0 Å². The molecule has 0 aliphatic carbocycles. The highest BCUT2D eigenvalue weighted by molar-refractivity contribution is 6.47. The lowest BCUT2D eigenvalue weighted by Crippen LogP contribution is -2.20. The molecular weight excluding hydrogens is 179 g/mol. The molecule has 1 heterocycles. The molecule has 0 spiro atoms. The highest BCUT2D eigenvalue weighted by Crippen LogP contribution is 2.22. The lowest BCUT2D eigenvalue weighted by atomic mass is 9.89. The highest BCUT2D eigenvalue weighted by atomic mass is 16.2. The van der Waals surface area contributed by atoms with E-state index in [0.717, 1.165) is 10.9 Å². The molecule has 2 rings (SSSR count). The van der Waals surface area contributed by atoms with E-state index in [-0.39, 0.29) is 0 Å². The van der Waals surface area contributed by atoms with E-state index in [1.165, 1.54) is 4.59 Å². The summed E-state index contributed by atoms with van der Waals surface area (Å²) in [6.45, 7) is 1.63. The van der Waals surface area contributed by atoms with Crippen LogP contribution in [0.15, 0.2) is 18.2 Å². The Morgan fingerprint density at radius 2 is 2.14 bits per heavy atom. The van der Waals surface area contributed by atoms with Crippen molar-refractivity contribution < 1.29 is 5.02 Å². The molecule has 0 aliphatic heterocycles. The zero-order valence-electron chi connectivity index (χ0n) is 7.81. The van der Waals surface area contributed by atoms with Crippen LogP contribution in [0, 0.1) is 0 Å². The van der Waals surface area contributed by atoms with Crippen LogP contribution in [-0.2, 0) is 0 Å². The summed E-state index contributed by atoms with van der Waals surface area (Å²) < 4.78 is 1.46. The van der Waals surface area contributed by atoms with Gasteiger partial charge in [0.1, 0.15) is 0 Å². The van der Waals surface area contributed by atoms with Crippen molar-refractivity contribution in [3.05, 3.63) is 18.2 Å². The number of benzene rings is 1. The first kappa shape index (κ1) is 8.89. The minimum atomic E-state index is -0.696. The van der Waals surface area contributed by atoms with Gasteiger partial charge in [0, 0.05) is 11.1 Å². The van der Waals surface area contributed by atoms with Gasteiger partial charge < -0.3 is 16.5 Å². The number of hydrogen-bond acceptors (Lipinski definition) is 4. The van der Waals surface area contributed by atoms with Crippen molar-refractivity contribution in [2.24, 2.45) is 0 Å². The standard InChI is InChI=1S/C8H11BN4O/c1-9(14)13-7-3-2-5(10)4-6(7)8(11)12-13/h2-4,14H,10H2,1H3,(H2,11,12). The molecule has 5 nitrogen and oxygen atoms in total.